The fourth-order valence-electron chi connectivity index (χ4n) is 3.33. The third-order valence-corrected chi connectivity index (χ3v) is 4.98. The number of pyridine rings is 1. The standard InChI is InChI=1S/C22H21N3O3.H2O4S/c1-14-17-5-3-4-6-18(17)28-19(14)13-25(2)21(27)10-7-15-11-16-8-9-20(26)24-22(16)23-12-15;1-5(2,3)4/h3-7,10-12H,8-9,13H2,1-2H3,(H,23,24,26);(H2,1,2,3,4)/b10-7+;. The van der Waals surface area contributed by atoms with Crippen molar-refractivity contribution in [2.45, 2.75) is 26.3 Å². The lowest BCUT2D eigenvalue weighted by Crippen LogP contribution is -2.24. The molecule has 174 valence electrons. The van der Waals surface area contributed by atoms with Crippen LogP contribution in [0.15, 0.2) is 47.0 Å². The summed E-state index contributed by atoms with van der Waals surface area (Å²) in [6.07, 6.45) is 6.05. The van der Waals surface area contributed by atoms with E-state index in [9.17, 15) is 9.59 Å². The number of para-hydroxylation sites is 1. The fourth-order valence-corrected chi connectivity index (χ4v) is 3.33. The number of likely N-dealkylation sites (N-methyl/N-ethyl adjacent to an activating group) is 1. The molecular formula is C22H23N3O7S. The Balaban J connectivity index is 0.000000555. The van der Waals surface area contributed by atoms with Crippen LogP contribution in [-0.4, -0.2) is 46.3 Å². The van der Waals surface area contributed by atoms with Crippen LogP contribution in [0.1, 0.15) is 28.9 Å². The van der Waals surface area contributed by atoms with Crippen LogP contribution in [0.25, 0.3) is 17.0 Å². The Morgan fingerprint density at radius 1 is 1.27 bits per heavy atom. The second kappa shape index (κ2) is 9.94. The van der Waals surface area contributed by atoms with Crippen LogP contribution in [0.4, 0.5) is 5.82 Å². The molecule has 2 amide bonds. The Bertz CT molecular complexity index is 1320. The minimum Gasteiger partial charge on any atom is -0.459 e. The largest absolute Gasteiger partial charge is 0.459 e. The van der Waals surface area contributed by atoms with Crippen molar-refractivity contribution in [1.29, 1.82) is 0 Å². The number of carbonyl (C=O) groups excluding carboxylic acids is 2. The van der Waals surface area contributed by atoms with Crippen LogP contribution in [0.5, 0.6) is 0 Å². The van der Waals surface area contributed by atoms with Gasteiger partial charge in [0.25, 0.3) is 0 Å². The molecule has 1 aliphatic heterocycles. The zero-order valence-corrected chi connectivity index (χ0v) is 18.8. The predicted octanol–water partition coefficient (Wildman–Crippen LogP) is 3.04. The van der Waals surface area contributed by atoms with Crippen LogP contribution >= 0.6 is 0 Å². The van der Waals surface area contributed by atoms with Gasteiger partial charge < -0.3 is 14.6 Å². The number of nitrogens with zero attached hydrogens (tertiary/aromatic N) is 2. The van der Waals surface area contributed by atoms with Gasteiger partial charge in [-0.3, -0.25) is 18.7 Å². The van der Waals surface area contributed by atoms with E-state index in [2.05, 4.69) is 10.3 Å². The number of furan rings is 1. The summed E-state index contributed by atoms with van der Waals surface area (Å²) in [5.74, 6) is 1.26. The summed E-state index contributed by atoms with van der Waals surface area (Å²) in [5, 5.41) is 3.82. The molecule has 4 rings (SSSR count). The van der Waals surface area contributed by atoms with E-state index in [4.69, 9.17) is 21.9 Å². The van der Waals surface area contributed by atoms with Gasteiger partial charge >= 0.3 is 10.4 Å². The van der Waals surface area contributed by atoms with Crippen LogP contribution < -0.4 is 5.32 Å². The van der Waals surface area contributed by atoms with E-state index in [1.807, 2.05) is 37.3 Å². The summed E-state index contributed by atoms with van der Waals surface area (Å²) in [7, 11) is -2.92. The minimum absolute atomic E-state index is 0.0130. The summed E-state index contributed by atoms with van der Waals surface area (Å²) >= 11 is 0. The summed E-state index contributed by atoms with van der Waals surface area (Å²) in [6.45, 7) is 2.41. The molecule has 3 heterocycles. The topological polar surface area (TPSA) is 150 Å². The number of anilines is 1. The van der Waals surface area contributed by atoms with E-state index in [1.165, 1.54) is 6.08 Å². The molecule has 10 nitrogen and oxygen atoms in total. The summed E-state index contributed by atoms with van der Waals surface area (Å²) in [4.78, 5) is 29.8. The van der Waals surface area contributed by atoms with Crippen LogP contribution in [0, 0.1) is 6.92 Å². The number of aryl methyl sites for hydroxylation is 2. The molecule has 0 spiro atoms. The lowest BCUT2D eigenvalue weighted by molar-refractivity contribution is -0.125. The maximum Gasteiger partial charge on any atom is 0.394 e. The summed E-state index contributed by atoms with van der Waals surface area (Å²) in [6, 6.07) is 9.81. The number of aromatic nitrogens is 1. The van der Waals surface area contributed by atoms with Crippen molar-refractivity contribution >= 4 is 45.1 Å². The van der Waals surface area contributed by atoms with E-state index in [0.717, 1.165) is 33.4 Å². The number of fused-ring (bicyclic) bond motifs is 2. The monoisotopic (exact) mass is 473 g/mol. The maximum atomic E-state index is 12.5. The van der Waals surface area contributed by atoms with Crippen molar-refractivity contribution in [2.24, 2.45) is 0 Å². The highest BCUT2D eigenvalue weighted by Gasteiger charge is 2.16. The first-order valence-electron chi connectivity index (χ1n) is 9.90. The lowest BCUT2D eigenvalue weighted by Gasteiger charge is -2.16. The van der Waals surface area contributed by atoms with Gasteiger partial charge in [-0.2, -0.15) is 8.42 Å². The summed E-state index contributed by atoms with van der Waals surface area (Å²) < 4.78 is 37.5. The molecule has 3 aromatic rings. The molecule has 0 saturated carbocycles. The molecule has 2 aromatic heterocycles. The molecule has 0 bridgehead atoms. The number of benzene rings is 1. The molecule has 0 radical (unpaired) electrons. The Morgan fingerprint density at radius 2 is 1.97 bits per heavy atom. The molecule has 33 heavy (non-hydrogen) atoms. The molecule has 0 atom stereocenters. The fraction of sp³-hybridized carbons (Fsp3) is 0.227. The zero-order valence-electron chi connectivity index (χ0n) is 18.0. The number of hydrogen-bond acceptors (Lipinski definition) is 6. The highest BCUT2D eigenvalue weighted by Crippen LogP contribution is 2.26. The van der Waals surface area contributed by atoms with Crippen molar-refractivity contribution in [2.75, 3.05) is 12.4 Å². The van der Waals surface area contributed by atoms with E-state index in [-0.39, 0.29) is 11.8 Å². The zero-order chi connectivity index (χ0) is 24.2. The molecule has 1 aromatic carbocycles. The molecule has 0 fully saturated rings. The molecular weight excluding hydrogens is 450 g/mol. The van der Waals surface area contributed by atoms with Gasteiger partial charge in [0.2, 0.25) is 11.8 Å². The molecule has 0 unspecified atom stereocenters. The molecule has 0 aliphatic carbocycles. The van der Waals surface area contributed by atoms with Gasteiger partial charge in [-0.1, -0.05) is 18.2 Å². The van der Waals surface area contributed by atoms with Crippen molar-refractivity contribution in [3.63, 3.8) is 0 Å². The Morgan fingerprint density at radius 3 is 2.67 bits per heavy atom. The molecule has 11 heteroatoms. The maximum absolute atomic E-state index is 12.5. The number of hydrogen-bond donors (Lipinski definition) is 3. The second-order valence-electron chi connectivity index (χ2n) is 7.45. The second-order valence-corrected chi connectivity index (χ2v) is 8.34. The Hall–Kier alpha value is -3.54. The van der Waals surface area contributed by atoms with Crippen molar-refractivity contribution in [3.8, 4) is 0 Å². The van der Waals surface area contributed by atoms with Crippen molar-refractivity contribution < 1.29 is 31.5 Å². The van der Waals surface area contributed by atoms with Gasteiger partial charge in [0.15, 0.2) is 0 Å². The number of amides is 2. The smallest absolute Gasteiger partial charge is 0.394 e. The van der Waals surface area contributed by atoms with Gasteiger partial charge in [0, 0.05) is 36.7 Å². The Labute approximate surface area is 190 Å². The van der Waals surface area contributed by atoms with Crippen LogP contribution in [-0.2, 0) is 33.0 Å². The first-order valence-corrected chi connectivity index (χ1v) is 11.3. The SMILES string of the molecule is Cc1c(CN(C)C(=O)/C=C/c2cnc3c(c2)CCC(=O)N3)oc2ccccc12.O=S(=O)(O)O. The molecule has 3 N–H and O–H groups in total. The van der Waals surface area contributed by atoms with E-state index < -0.39 is 10.4 Å². The number of rotatable bonds is 4. The highest BCUT2D eigenvalue weighted by atomic mass is 32.3. The van der Waals surface area contributed by atoms with Gasteiger partial charge in [-0.05, 0) is 42.7 Å². The predicted molar refractivity (Wildman–Crippen MR) is 122 cm³/mol. The normalized spacial score (nSPS) is 13.3. The highest BCUT2D eigenvalue weighted by molar-refractivity contribution is 7.79. The van der Waals surface area contributed by atoms with Crippen molar-refractivity contribution in [3.05, 3.63) is 65.1 Å². The average molecular weight is 474 g/mol. The summed E-state index contributed by atoms with van der Waals surface area (Å²) in [5.41, 5.74) is 3.70. The van der Waals surface area contributed by atoms with Crippen molar-refractivity contribution in [1.82, 2.24) is 9.88 Å². The minimum atomic E-state index is -4.67. The van der Waals surface area contributed by atoms with Gasteiger partial charge in [0.05, 0.1) is 6.54 Å². The third-order valence-electron chi connectivity index (χ3n) is 4.98. The van der Waals surface area contributed by atoms with Gasteiger partial charge in [0.1, 0.15) is 17.2 Å². The number of nitrogens with one attached hydrogen (secondary N) is 1. The lowest BCUT2D eigenvalue weighted by atomic mass is 10.0. The van der Waals surface area contributed by atoms with E-state index >= 15 is 0 Å². The first kappa shape index (κ1) is 24.1. The number of carbonyl (C=O) groups is 2. The molecule has 1 aliphatic rings. The Kier molecular flexibility index (Phi) is 7.26. The van der Waals surface area contributed by atoms with Gasteiger partial charge in [-0.15, -0.1) is 0 Å². The van der Waals surface area contributed by atoms with E-state index in [0.29, 0.717) is 25.2 Å². The van der Waals surface area contributed by atoms with Crippen LogP contribution in [0.2, 0.25) is 0 Å². The molecule has 0 saturated heterocycles. The van der Waals surface area contributed by atoms with Gasteiger partial charge in [-0.25, -0.2) is 4.98 Å². The first-order chi connectivity index (χ1) is 15.5. The van der Waals surface area contributed by atoms with Crippen LogP contribution in [0.3, 0.4) is 0 Å². The quantitative estimate of drug-likeness (QED) is 0.386. The third kappa shape index (κ3) is 6.72. The average Bonchev–Trinajstić information content (AvgIpc) is 3.06. The van der Waals surface area contributed by atoms with E-state index in [1.54, 1.807) is 24.2 Å².